The molecule has 0 bridgehead atoms. The highest BCUT2D eigenvalue weighted by atomic mass is 16.5. The van der Waals surface area contributed by atoms with Gasteiger partial charge in [-0.2, -0.15) is 0 Å². The zero-order chi connectivity index (χ0) is 17.2. The van der Waals surface area contributed by atoms with Gasteiger partial charge >= 0.3 is 0 Å². The van der Waals surface area contributed by atoms with Crippen LogP contribution in [-0.2, 0) is 27.4 Å². The number of ether oxygens (including phenoxy) is 1. The first kappa shape index (κ1) is 15.8. The number of carbonyl (C=O) groups excluding carboxylic acids is 2. The van der Waals surface area contributed by atoms with Gasteiger partial charge < -0.3 is 15.0 Å². The topological polar surface area (TPSA) is 71.5 Å². The van der Waals surface area contributed by atoms with Gasteiger partial charge in [0.05, 0.1) is 31.0 Å². The molecule has 2 aromatic rings. The second-order valence-corrected chi connectivity index (χ2v) is 6.36. The van der Waals surface area contributed by atoms with Gasteiger partial charge in [-0.1, -0.05) is 18.2 Å². The minimum absolute atomic E-state index is 0.0247. The van der Waals surface area contributed by atoms with Crippen molar-refractivity contribution in [2.45, 2.75) is 19.4 Å². The maximum absolute atomic E-state index is 12.6. The summed E-state index contributed by atoms with van der Waals surface area (Å²) in [5, 5.41) is 2.89. The number of benzene rings is 1. The molecule has 25 heavy (non-hydrogen) atoms. The summed E-state index contributed by atoms with van der Waals surface area (Å²) in [6, 6.07) is 11.3. The van der Waals surface area contributed by atoms with Gasteiger partial charge in [0.15, 0.2) is 0 Å². The third-order valence-electron chi connectivity index (χ3n) is 4.63. The van der Waals surface area contributed by atoms with Crippen molar-refractivity contribution in [1.82, 2.24) is 4.98 Å². The molecular formula is C19H19N3O3. The molecule has 1 atom stereocenters. The quantitative estimate of drug-likeness (QED) is 0.931. The predicted octanol–water partition coefficient (Wildman–Crippen LogP) is 2.15. The van der Waals surface area contributed by atoms with Crippen molar-refractivity contribution in [1.29, 1.82) is 0 Å². The third kappa shape index (κ3) is 3.25. The lowest BCUT2D eigenvalue weighted by atomic mass is 10.1. The average molecular weight is 337 g/mol. The highest BCUT2D eigenvalue weighted by Gasteiger charge is 2.35. The van der Waals surface area contributed by atoms with Crippen LogP contribution < -0.4 is 10.2 Å². The number of hydrogen-bond donors (Lipinski definition) is 1. The van der Waals surface area contributed by atoms with E-state index in [1.165, 1.54) is 0 Å². The number of rotatable bonds is 3. The Bertz CT molecular complexity index is 807. The monoisotopic (exact) mass is 337 g/mol. The van der Waals surface area contributed by atoms with E-state index in [4.69, 9.17) is 4.74 Å². The first-order valence-electron chi connectivity index (χ1n) is 8.42. The van der Waals surface area contributed by atoms with Gasteiger partial charge in [-0.15, -0.1) is 0 Å². The van der Waals surface area contributed by atoms with Crippen LogP contribution in [0.5, 0.6) is 0 Å². The molecule has 6 heteroatoms. The summed E-state index contributed by atoms with van der Waals surface area (Å²) in [6.07, 6.45) is 2.70. The number of aromatic nitrogens is 1. The molecule has 0 radical (unpaired) electrons. The fraction of sp³-hybridized carbons (Fsp3) is 0.316. The molecule has 4 rings (SSSR count). The molecule has 2 aliphatic heterocycles. The maximum Gasteiger partial charge on any atom is 0.229 e. The van der Waals surface area contributed by atoms with Gasteiger partial charge in [-0.3, -0.25) is 14.6 Å². The molecule has 0 saturated carbocycles. The van der Waals surface area contributed by atoms with Gasteiger partial charge in [0.25, 0.3) is 0 Å². The van der Waals surface area contributed by atoms with Crippen LogP contribution in [0.25, 0.3) is 0 Å². The lowest BCUT2D eigenvalue weighted by molar-refractivity contribution is -0.122. The SMILES string of the molecule is O=C(Nc1cnc2c(c1)COCC2)C1CC(=O)N(c2ccccc2)C1. The molecule has 0 spiro atoms. The van der Waals surface area contributed by atoms with Gasteiger partial charge in [-0.05, 0) is 18.2 Å². The molecular weight excluding hydrogens is 318 g/mol. The molecule has 1 aromatic carbocycles. The summed E-state index contributed by atoms with van der Waals surface area (Å²) in [5.74, 6) is -0.534. The molecule has 2 aliphatic rings. The Morgan fingerprint density at radius 2 is 2.12 bits per heavy atom. The molecule has 6 nitrogen and oxygen atoms in total. The van der Waals surface area contributed by atoms with Crippen molar-refractivity contribution >= 4 is 23.2 Å². The van der Waals surface area contributed by atoms with Crippen molar-refractivity contribution < 1.29 is 14.3 Å². The number of carbonyl (C=O) groups is 2. The summed E-state index contributed by atoms with van der Waals surface area (Å²) in [5.41, 5.74) is 3.52. The first-order valence-corrected chi connectivity index (χ1v) is 8.42. The van der Waals surface area contributed by atoms with E-state index in [1.54, 1.807) is 11.1 Å². The molecule has 3 heterocycles. The summed E-state index contributed by atoms with van der Waals surface area (Å²) in [6.45, 7) is 1.61. The molecule has 128 valence electrons. The van der Waals surface area contributed by atoms with E-state index < -0.39 is 0 Å². The number of para-hydroxylation sites is 1. The summed E-state index contributed by atoms with van der Waals surface area (Å²) >= 11 is 0. The Morgan fingerprint density at radius 3 is 2.96 bits per heavy atom. The number of anilines is 2. The number of fused-ring (bicyclic) bond motifs is 1. The molecule has 2 amide bonds. The van der Waals surface area contributed by atoms with E-state index in [0.717, 1.165) is 23.4 Å². The Labute approximate surface area is 145 Å². The van der Waals surface area contributed by atoms with Crippen LogP contribution in [0.3, 0.4) is 0 Å². The molecule has 1 aromatic heterocycles. The first-order chi connectivity index (χ1) is 12.2. The van der Waals surface area contributed by atoms with E-state index in [-0.39, 0.29) is 24.2 Å². The largest absolute Gasteiger partial charge is 0.376 e. The van der Waals surface area contributed by atoms with Crippen molar-refractivity contribution in [2.75, 3.05) is 23.4 Å². The van der Waals surface area contributed by atoms with E-state index in [1.807, 2.05) is 36.4 Å². The van der Waals surface area contributed by atoms with Crippen molar-refractivity contribution in [3.8, 4) is 0 Å². The fourth-order valence-corrected chi connectivity index (χ4v) is 3.29. The standard InChI is InChI=1S/C19H19N3O3/c23-18-9-13(11-22(18)16-4-2-1-3-5-16)19(24)21-15-8-14-12-25-7-6-17(14)20-10-15/h1-5,8,10,13H,6-7,9,11-12H2,(H,21,24). The minimum Gasteiger partial charge on any atom is -0.376 e. The molecule has 1 fully saturated rings. The number of nitrogens with zero attached hydrogens (tertiary/aromatic N) is 2. The van der Waals surface area contributed by atoms with Crippen LogP contribution in [0.15, 0.2) is 42.6 Å². The highest BCUT2D eigenvalue weighted by molar-refractivity contribution is 6.03. The second kappa shape index (κ2) is 6.64. The van der Waals surface area contributed by atoms with Crippen LogP contribution in [-0.4, -0.2) is 29.9 Å². The average Bonchev–Trinajstić information content (AvgIpc) is 3.04. The van der Waals surface area contributed by atoms with Crippen molar-refractivity contribution in [3.05, 3.63) is 53.9 Å². The normalized spacial score (nSPS) is 19.6. The van der Waals surface area contributed by atoms with E-state index in [2.05, 4.69) is 10.3 Å². The van der Waals surface area contributed by atoms with Gasteiger partial charge in [0, 0.05) is 36.3 Å². The third-order valence-corrected chi connectivity index (χ3v) is 4.63. The zero-order valence-electron chi connectivity index (χ0n) is 13.8. The Morgan fingerprint density at radius 1 is 1.28 bits per heavy atom. The van der Waals surface area contributed by atoms with Crippen molar-refractivity contribution in [3.63, 3.8) is 0 Å². The number of amides is 2. The van der Waals surface area contributed by atoms with E-state index >= 15 is 0 Å². The smallest absolute Gasteiger partial charge is 0.229 e. The maximum atomic E-state index is 12.6. The van der Waals surface area contributed by atoms with E-state index in [9.17, 15) is 9.59 Å². The van der Waals surface area contributed by atoms with Crippen molar-refractivity contribution in [2.24, 2.45) is 5.92 Å². The zero-order valence-corrected chi connectivity index (χ0v) is 13.8. The minimum atomic E-state index is -0.361. The molecule has 1 saturated heterocycles. The van der Waals surface area contributed by atoms with Crippen LogP contribution in [0, 0.1) is 5.92 Å². The summed E-state index contributed by atoms with van der Waals surface area (Å²) in [4.78, 5) is 30.9. The number of nitrogens with one attached hydrogen (secondary N) is 1. The van der Waals surface area contributed by atoms with Crippen LogP contribution in [0.1, 0.15) is 17.7 Å². The van der Waals surface area contributed by atoms with Gasteiger partial charge in [-0.25, -0.2) is 0 Å². The summed E-state index contributed by atoms with van der Waals surface area (Å²) in [7, 11) is 0. The van der Waals surface area contributed by atoms with Gasteiger partial charge in [0.2, 0.25) is 11.8 Å². The Balaban J connectivity index is 1.44. The van der Waals surface area contributed by atoms with Crippen LogP contribution in [0.2, 0.25) is 0 Å². The Kier molecular flexibility index (Phi) is 4.19. The molecule has 1 N–H and O–H groups in total. The number of hydrogen-bond acceptors (Lipinski definition) is 4. The van der Waals surface area contributed by atoms with Crippen LogP contribution >= 0.6 is 0 Å². The predicted molar refractivity (Wildman–Crippen MR) is 93.1 cm³/mol. The van der Waals surface area contributed by atoms with Gasteiger partial charge in [0.1, 0.15) is 0 Å². The lowest BCUT2D eigenvalue weighted by Crippen LogP contribution is -2.28. The fourth-order valence-electron chi connectivity index (χ4n) is 3.29. The lowest BCUT2D eigenvalue weighted by Gasteiger charge is -2.18. The van der Waals surface area contributed by atoms with E-state index in [0.29, 0.717) is 25.4 Å². The van der Waals surface area contributed by atoms with Crippen LogP contribution in [0.4, 0.5) is 11.4 Å². The molecule has 0 aliphatic carbocycles. The number of pyridine rings is 1. The molecule has 1 unspecified atom stereocenters. The second-order valence-electron chi connectivity index (χ2n) is 6.36. The highest BCUT2D eigenvalue weighted by Crippen LogP contribution is 2.26. The summed E-state index contributed by atoms with van der Waals surface area (Å²) < 4.78 is 5.43. The Hall–Kier alpha value is -2.73.